The summed E-state index contributed by atoms with van der Waals surface area (Å²) in [4.78, 5) is 14.8. The third-order valence-corrected chi connectivity index (χ3v) is 6.36. The topological polar surface area (TPSA) is 83.5 Å². The molecule has 0 N–H and O–H groups in total. The molecule has 0 radical (unpaired) electrons. The van der Waals surface area contributed by atoms with Crippen molar-refractivity contribution < 1.29 is 35.7 Å². The molecule has 3 rings (SSSR count). The Morgan fingerprint density at radius 3 is 1.48 bits per heavy atom. The van der Waals surface area contributed by atoms with Crippen LogP contribution in [0.4, 0.5) is 13.2 Å². The minimum absolute atomic E-state index is 0.176. The van der Waals surface area contributed by atoms with Gasteiger partial charge < -0.3 is 9.29 Å². The molecule has 31 heavy (non-hydrogen) atoms. The van der Waals surface area contributed by atoms with Gasteiger partial charge in [-0.2, -0.15) is 13.2 Å². The number of ether oxygens (including phenoxy) is 1. The van der Waals surface area contributed by atoms with E-state index in [0.29, 0.717) is 5.75 Å². The molecule has 0 saturated heterocycles. The highest BCUT2D eigenvalue weighted by atomic mass is 32.2. The number of benzene rings is 3. The Morgan fingerprint density at radius 1 is 0.806 bits per heavy atom. The molecule has 3 aromatic carbocycles. The van der Waals surface area contributed by atoms with Crippen LogP contribution in [0.15, 0.2) is 99.6 Å². The fourth-order valence-corrected chi connectivity index (χ4v) is 4.41. The number of alkyl halides is 3. The molecule has 3 aromatic rings. The minimum atomic E-state index is -6.09. The quantitative estimate of drug-likeness (QED) is 0.181. The second-order valence-electron chi connectivity index (χ2n) is 5.90. The average molecular weight is 470 g/mol. The van der Waals surface area contributed by atoms with Crippen LogP contribution in [-0.2, 0) is 25.8 Å². The summed E-state index contributed by atoms with van der Waals surface area (Å²) in [5.41, 5.74) is -5.65. The van der Waals surface area contributed by atoms with Crippen molar-refractivity contribution in [1.82, 2.24) is 0 Å². The molecule has 0 saturated carbocycles. The summed E-state index contributed by atoms with van der Waals surface area (Å²) < 4.78 is 64.0. The van der Waals surface area contributed by atoms with Crippen LogP contribution in [0.3, 0.4) is 0 Å². The van der Waals surface area contributed by atoms with E-state index in [1.807, 2.05) is 36.4 Å². The Bertz CT molecular complexity index is 1050. The highest BCUT2D eigenvalue weighted by Crippen LogP contribution is 2.31. The largest absolute Gasteiger partial charge is 0.741 e. The summed E-state index contributed by atoms with van der Waals surface area (Å²) >= 11 is 0. The molecule has 10 heteroatoms. The fraction of sp³-hybridized carbons (Fsp3) is 0.0952. The first-order valence-electron chi connectivity index (χ1n) is 8.64. The molecule has 0 aliphatic heterocycles. The van der Waals surface area contributed by atoms with Gasteiger partial charge in [-0.25, -0.2) is 8.42 Å². The van der Waals surface area contributed by atoms with E-state index in [0.717, 1.165) is 0 Å². The first-order valence-corrected chi connectivity index (χ1v) is 11.3. The maximum absolute atomic E-state index is 11.1. The summed E-state index contributed by atoms with van der Waals surface area (Å²) in [6.07, 6.45) is 0. The lowest BCUT2D eigenvalue weighted by Gasteiger charge is -2.08. The maximum Gasteiger partial charge on any atom is 0.485 e. The number of esters is 1. The smallest absolute Gasteiger partial charge is 0.485 e. The van der Waals surface area contributed by atoms with Gasteiger partial charge in [-0.15, -0.1) is 0 Å². The Morgan fingerprint density at radius 2 is 1.16 bits per heavy atom. The van der Waals surface area contributed by atoms with Gasteiger partial charge in [0.15, 0.2) is 24.8 Å². The van der Waals surface area contributed by atoms with E-state index < -0.39 is 15.6 Å². The van der Waals surface area contributed by atoms with Gasteiger partial charge in [-0.3, -0.25) is 4.79 Å². The molecule has 0 aliphatic rings. The highest BCUT2D eigenvalue weighted by molar-refractivity contribution is 7.97. The molecule has 0 atom stereocenters. The predicted octanol–water partition coefficient (Wildman–Crippen LogP) is 4.76. The van der Waals surface area contributed by atoms with Crippen LogP contribution in [0, 0.1) is 0 Å². The zero-order valence-corrected chi connectivity index (χ0v) is 17.7. The average Bonchev–Trinajstić information content (AvgIpc) is 2.70. The number of carbonyl (C=O) groups is 1. The number of hydrogen-bond donors (Lipinski definition) is 0. The summed E-state index contributed by atoms with van der Waals surface area (Å²) in [5.74, 6) is 0.272. The molecular formula is C21H17F3O5S2. The van der Waals surface area contributed by atoms with E-state index in [4.69, 9.17) is 17.7 Å². The first kappa shape index (κ1) is 24.4. The first-order chi connectivity index (χ1) is 14.5. The van der Waals surface area contributed by atoms with Crippen molar-refractivity contribution in [2.45, 2.75) is 27.1 Å². The number of hydrogen-bond acceptors (Lipinski definition) is 5. The van der Waals surface area contributed by atoms with Crippen molar-refractivity contribution >= 4 is 27.0 Å². The third kappa shape index (κ3) is 7.42. The van der Waals surface area contributed by atoms with E-state index in [9.17, 15) is 18.0 Å². The van der Waals surface area contributed by atoms with Crippen LogP contribution in [-0.4, -0.2) is 24.4 Å². The molecule has 0 amide bonds. The molecular weight excluding hydrogens is 453 g/mol. The fourth-order valence-electron chi connectivity index (χ4n) is 2.33. The molecule has 0 bridgehead atoms. The standard InChI is InChI=1S/C20H17O2S.CHF3O3S/c1-16(21)22-17-12-14-20(15-13-17)23(18-8-4-2-5-9-18)19-10-6-3-7-11-19;2-1(3,4)8(5,6)7/h2-15H,1H3;(H,5,6,7)/q+1;/p-1. The van der Waals surface area contributed by atoms with Crippen molar-refractivity contribution in [3.63, 3.8) is 0 Å². The lowest BCUT2D eigenvalue weighted by molar-refractivity contribution is -0.131. The Balaban J connectivity index is 0.000000366. The second-order valence-corrected chi connectivity index (χ2v) is 9.29. The molecule has 0 fully saturated rings. The molecule has 0 aliphatic carbocycles. The lowest BCUT2D eigenvalue weighted by Crippen LogP contribution is -2.21. The van der Waals surface area contributed by atoms with Crippen molar-refractivity contribution in [2.75, 3.05) is 0 Å². The normalized spacial score (nSPS) is 11.4. The van der Waals surface area contributed by atoms with E-state index in [2.05, 4.69) is 48.5 Å². The van der Waals surface area contributed by atoms with Crippen LogP contribution in [0.5, 0.6) is 5.75 Å². The molecule has 0 heterocycles. The Labute approximate surface area is 180 Å². The van der Waals surface area contributed by atoms with Crippen LogP contribution >= 0.6 is 0 Å². The van der Waals surface area contributed by atoms with Gasteiger partial charge in [0.25, 0.3) is 0 Å². The third-order valence-electron chi connectivity index (χ3n) is 3.56. The number of rotatable bonds is 4. The zero-order valence-electron chi connectivity index (χ0n) is 16.1. The van der Waals surface area contributed by atoms with E-state index in [1.165, 1.54) is 21.6 Å². The SMILES string of the molecule is CC(=O)Oc1ccc([S+](c2ccccc2)c2ccccc2)cc1.O=S(=O)([O-])C(F)(F)F. The minimum Gasteiger partial charge on any atom is -0.741 e. The zero-order chi connectivity index (χ0) is 23.1. The highest BCUT2D eigenvalue weighted by Gasteiger charge is 2.37. The predicted molar refractivity (Wildman–Crippen MR) is 109 cm³/mol. The van der Waals surface area contributed by atoms with Crippen molar-refractivity contribution in [3.05, 3.63) is 84.9 Å². The van der Waals surface area contributed by atoms with Crippen molar-refractivity contribution in [2.24, 2.45) is 0 Å². The van der Waals surface area contributed by atoms with Gasteiger partial charge in [0.05, 0.1) is 10.9 Å². The van der Waals surface area contributed by atoms with Crippen LogP contribution in [0.2, 0.25) is 0 Å². The summed E-state index contributed by atoms with van der Waals surface area (Å²) in [7, 11) is -6.27. The van der Waals surface area contributed by atoms with Gasteiger partial charge in [-0.05, 0) is 48.5 Å². The van der Waals surface area contributed by atoms with Crippen molar-refractivity contribution in [3.8, 4) is 5.75 Å². The van der Waals surface area contributed by atoms with Crippen molar-refractivity contribution in [1.29, 1.82) is 0 Å². The second kappa shape index (κ2) is 10.5. The molecule has 0 unspecified atom stereocenters. The van der Waals surface area contributed by atoms with Gasteiger partial charge in [0.1, 0.15) is 5.75 Å². The maximum atomic E-state index is 11.1. The summed E-state index contributed by atoms with van der Waals surface area (Å²) in [6.45, 7) is 1.41. The van der Waals surface area contributed by atoms with Crippen LogP contribution in [0.1, 0.15) is 6.92 Å². The summed E-state index contributed by atoms with van der Waals surface area (Å²) in [6, 6.07) is 28.7. The summed E-state index contributed by atoms with van der Waals surface area (Å²) in [5, 5.41) is 0. The molecule has 5 nitrogen and oxygen atoms in total. The number of carbonyl (C=O) groups excluding carboxylic acids is 1. The van der Waals surface area contributed by atoms with Gasteiger partial charge >= 0.3 is 11.5 Å². The monoisotopic (exact) mass is 470 g/mol. The van der Waals surface area contributed by atoms with Crippen LogP contribution in [0.25, 0.3) is 0 Å². The van der Waals surface area contributed by atoms with Gasteiger partial charge in [0.2, 0.25) is 0 Å². The molecule has 164 valence electrons. The van der Waals surface area contributed by atoms with E-state index >= 15 is 0 Å². The molecule has 0 spiro atoms. The van der Waals surface area contributed by atoms with Gasteiger partial charge in [-0.1, -0.05) is 36.4 Å². The number of halogens is 3. The van der Waals surface area contributed by atoms with E-state index in [-0.39, 0.29) is 16.9 Å². The van der Waals surface area contributed by atoms with Gasteiger partial charge in [0, 0.05) is 6.92 Å². The lowest BCUT2D eigenvalue weighted by atomic mass is 10.3. The molecule has 0 aromatic heterocycles. The van der Waals surface area contributed by atoms with E-state index in [1.54, 1.807) is 0 Å². The van der Waals surface area contributed by atoms with Crippen LogP contribution < -0.4 is 4.74 Å². The Hall–Kier alpha value is -2.82. The Kier molecular flexibility index (Phi) is 8.26.